The predicted octanol–water partition coefficient (Wildman–Crippen LogP) is 4.68. The maximum atomic E-state index is 12.1. The van der Waals surface area contributed by atoms with Crippen molar-refractivity contribution >= 4 is 39.7 Å². The Bertz CT molecular complexity index is 964. The summed E-state index contributed by atoms with van der Waals surface area (Å²) in [7, 11) is -2.58. The fourth-order valence-electron chi connectivity index (χ4n) is 2.85. The maximum Gasteiger partial charge on any atom is 0.258 e. The molecule has 0 radical (unpaired) electrons. The number of benzene rings is 2. The van der Waals surface area contributed by atoms with Crippen molar-refractivity contribution < 1.29 is 23.4 Å². The van der Waals surface area contributed by atoms with Crippen molar-refractivity contribution in [3.63, 3.8) is 0 Å². The van der Waals surface area contributed by atoms with Gasteiger partial charge < -0.3 is 14.8 Å². The van der Waals surface area contributed by atoms with Crippen LogP contribution in [-0.4, -0.2) is 39.2 Å². The van der Waals surface area contributed by atoms with Gasteiger partial charge in [0.2, 0.25) is 0 Å². The Kier molecular flexibility index (Phi) is 6.77. The van der Waals surface area contributed by atoms with E-state index in [1.165, 1.54) is 18.2 Å². The van der Waals surface area contributed by atoms with Crippen molar-refractivity contribution in [1.82, 2.24) is 5.32 Å². The number of rotatable bonds is 6. The van der Waals surface area contributed by atoms with Gasteiger partial charge in [-0.15, -0.1) is 0 Å². The van der Waals surface area contributed by atoms with Gasteiger partial charge in [0.1, 0.15) is 17.2 Å². The lowest BCUT2D eigenvalue weighted by Gasteiger charge is -2.26. The van der Waals surface area contributed by atoms with E-state index in [0.29, 0.717) is 45.0 Å². The van der Waals surface area contributed by atoms with Gasteiger partial charge in [-0.05, 0) is 36.8 Å². The molecule has 1 saturated heterocycles. The Hall–Kier alpha value is -2.15. The molecule has 1 aliphatic rings. The molecule has 0 aromatic heterocycles. The molecule has 0 bridgehead atoms. The minimum Gasteiger partial charge on any atom is -0.484 e. The molecule has 0 saturated carbocycles. The molecule has 10 heteroatoms. The Morgan fingerprint density at radius 1 is 1.14 bits per heavy atom. The highest BCUT2D eigenvalue weighted by Gasteiger charge is 2.29. The van der Waals surface area contributed by atoms with Crippen LogP contribution < -0.4 is 14.8 Å². The van der Waals surface area contributed by atoms with E-state index in [2.05, 4.69) is 5.32 Å². The van der Waals surface area contributed by atoms with Gasteiger partial charge in [-0.1, -0.05) is 23.2 Å². The number of carbonyl (C=O) groups is 1. The second-order valence-electron chi connectivity index (χ2n) is 6.53. The third-order valence-corrected chi connectivity index (χ3v) is 6.34. The van der Waals surface area contributed by atoms with Gasteiger partial charge in [0.05, 0.1) is 17.4 Å². The summed E-state index contributed by atoms with van der Waals surface area (Å²) in [6.07, 6.45) is 0.521. The summed E-state index contributed by atoms with van der Waals surface area (Å²) in [6, 6.07) is 11.0. The quantitative estimate of drug-likeness (QED) is 0.581. The topological polar surface area (TPSA) is 112 Å². The molecule has 3 rings (SSSR count). The molecular formula is C19H18Cl2N2O5S. The number of nitriles is 1. The fraction of sp³-hybridized carbons (Fsp3) is 0.263. The molecule has 3 N–H and O–H groups in total. The van der Waals surface area contributed by atoms with E-state index in [0.717, 1.165) is 0 Å². The molecule has 2 aromatic rings. The molecule has 154 valence electrons. The number of amides is 1. The zero-order chi connectivity index (χ0) is 21.0. The van der Waals surface area contributed by atoms with Gasteiger partial charge in [0.15, 0.2) is 6.61 Å². The Morgan fingerprint density at radius 3 is 2.45 bits per heavy atom. The molecule has 29 heavy (non-hydrogen) atoms. The molecule has 2 aromatic carbocycles. The lowest BCUT2D eigenvalue weighted by molar-refractivity contribution is -0.123. The lowest BCUT2D eigenvalue weighted by atomic mass is 10.2. The molecule has 1 aliphatic heterocycles. The molecule has 0 spiro atoms. The minimum atomic E-state index is -2.58. The van der Waals surface area contributed by atoms with Gasteiger partial charge in [0, 0.05) is 27.9 Å². The van der Waals surface area contributed by atoms with Crippen LogP contribution in [0.2, 0.25) is 10.0 Å². The normalized spacial score (nSPS) is 18.5. The fourth-order valence-corrected chi connectivity index (χ4v) is 5.02. The second kappa shape index (κ2) is 9.11. The first-order valence-corrected chi connectivity index (χ1v) is 11.2. The Balaban J connectivity index is 1.61. The highest BCUT2D eigenvalue weighted by Crippen LogP contribution is 2.45. The Labute approximate surface area is 179 Å². The Morgan fingerprint density at radius 2 is 1.79 bits per heavy atom. The first kappa shape index (κ1) is 21.6. The van der Waals surface area contributed by atoms with Crippen LogP contribution in [0.15, 0.2) is 36.4 Å². The summed E-state index contributed by atoms with van der Waals surface area (Å²) < 4.78 is 30.4. The third kappa shape index (κ3) is 6.42. The molecule has 1 amide bonds. The van der Waals surface area contributed by atoms with Crippen LogP contribution in [0.1, 0.15) is 12.0 Å². The van der Waals surface area contributed by atoms with E-state index in [9.17, 15) is 13.9 Å². The SMILES string of the molecule is N#Cc1cc(Cl)cc(Oc2cc(Cl)cc(OCC(=O)NC3CCS(O)(O)C3)c2)c1. The van der Waals surface area contributed by atoms with Gasteiger partial charge in [0.25, 0.3) is 5.91 Å². The van der Waals surface area contributed by atoms with Crippen LogP contribution in [0.5, 0.6) is 17.2 Å². The van der Waals surface area contributed by atoms with E-state index in [1.807, 2.05) is 6.07 Å². The summed E-state index contributed by atoms with van der Waals surface area (Å²) >= 11 is 12.1. The number of hydrogen-bond acceptors (Lipinski definition) is 6. The van der Waals surface area contributed by atoms with Crippen molar-refractivity contribution in [3.05, 3.63) is 52.0 Å². The van der Waals surface area contributed by atoms with E-state index in [4.69, 9.17) is 37.9 Å². The second-order valence-corrected chi connectivity index (χ2v) is 9.75. The van der Waals surface area contributed by atoms with Gasteiger partial charge in [-0.3, -0.25) is 13.9 Å². The largest absolute Gasteiger partial charge is 0.484 e. The first-order valence-electron chi connectivity index (χ1n) is 8.57. The number of halogens is 2. The summed E-state index contributed by atoms with van der Waals surface area (Å²) in [6.45, 7) is -0.259. The van der Waals surface area contributed by atoms with Gasteiger partial charge in [-0.2, -0.15) is 15.9 Å². The van der Waals surface area contributed by atoms with Gasteiger partial charge in [-0.25, -0.2) is 0 Å². The third-order valence-electron chi connectivity index (χ3n) is 4.08. The van der Waals surface area contributed by atoms with Crippen molar-refractivity contribution in [2.75, 3.05) is 18.1 Å². The molecule has 1 atom stereocenters. The smallest absolute Gasteiger partial charge is 0.258 e. The summed E-state index contributed by atoms with van der Waals surface area (Å²) in [5.41, 5.74) is 0.353. The maximum absolute atomic E-state index is 12.1. The zero-order valence-corrected chi connectivity index (χ0v) is 17.4. The van der Waals surface area contributed by atoms with Crippen LogP contribution in [-0.2, 0) is 4.79 Å². The highest BCUT2D eigenvalue weighted by atomic mass is 35.5. The van der Waals surface area contributed by atoms with E-state index in [-0.39, 0.29) is 24.3 Å². The van der Waals surface area contributed by atoms with Crippen molar-refractivity contribution in [1.29, 1.82) is 5.26 Å². The molecule has 0 aliphatic carbocycles. The van der Waals surface area contributed by atoms with E-state index in [1.54, 1.807) is 18.2 Å². The highest BCUT2D eigenvalue weighted by molar-refractivity contribution is 8.24. The van der Waals surface area contributed by atoms with Crippen molar-refractivity contribution in [3.8, 4) is 23.3 Å². The molecule has 7 nitrogen and oxygen atoms in total. The number of carbonyl (C=O) groups excluding carboxylic acids is 1. The average molecular weight is 457 g/mol. The number of ether oxygens (including phenoxy) is 2. The summed E-state index contributed by atoms with van der Waals surface area (Å²) in [5, 5.41) is 12.4. The molecule has 1 heterocycles. The predicted molar refractivity (Wildman–Crippen MR) is 112 cm³/mol. The number of hydrogen-bond donors (Lipinski definition) is 3. The van der Waals surface area contributed by atoms with Crippen LogP contribution in [0.25, 0.3) is 0 Å². The van der Waals surface area contributed by atoms with Crippen LogP contribution in [0.3, 0.4) is 0 Å². The number of nitrogens with zero attached hydrogens (tertiary/aromatic N) is 1. The van der Waals surface area contributed by atoms with Crippen molar-refractivity contribution in [2.45, 2.75) is 12.5 Å². The van der Waals surface area contributed by atoms with Crippen LogP contribution in [0.4, 0.5) is 0 Å². The zero-order valence-electron chi connectivity index (χ0n) is 15.1. The monoisotopic (exact) mass is 456 g/mol. The van der Waals surface area contributed by atoms with Crippen LogP contribution in [0, 0.1) is 11.3 Å². The molecule has 1 fully saturated rings. The van der Waals surface area contributed by atoms with Gasteiger partial charge >= 0.3 is 0 Å². The van der Waals surface area contributed by atoms with E-state index >= 15 is 0 Å². The number of nitrogens with one attached hydrogen (secondary N) is 1. The minimum absolute atomic E-state index is 0.165. The van der Waals surface area contributed by atoms with Crippen molar-refractivity contribution in [2.24, 2.45) is 0 Å². The summed E-state index contributed by atoms with van der Waals surface area (Å²) in [4.78, 5) is 12.1. The van der Waals surface area contributed by atoms with E-state index < -0.39 is 10.6 Å². The summed E-state index contributed by atoms with van der Waals surface area (Å²) in [5.74, 6) is 1.12. The molecule has 1 unspecified atom stereocenters. The standard InChI is InChI=1S/C19H18Cl2N2O5S/c20-13-3-12(9-22)4-17(6-13)28-18-7-14(21)5-16(8-18)27-10-19(24)23-15-1-2-29(25,26)11-15/h3-8,15,25-26H,1-2,10-11H2,(H,23,24). The lowest BCUT2D eigenvalue weighted by Crippen LogP contribution is -2.38. The average Bonchev–Trinajstić information content (AvgIpc) is 2.97. The first-order chi connectivity index (χ1) is 13.7. The molecular weight excluding hydrogens is 439 g/mol. The van der Waals surface area contributed by atoms with Crippen LogP contribution >= 0.6 is 33.8 Å².